The van der Waals surface area contributed by atoms with Crippen molar-refractivity contribution in [3.05, 3.63) is 125 Å². The highest BCUT2D eigenvalue weighted by atomic mass is 16.5. The maximum absolute atomic E-state index is 11.9. The molecular weight excluding hydrogens is 502 g/mol. The number of hydrogen-bond acceptors (Lipinski definition) is 3. The van der Waals surface area contributed by atoms with Gasteiger partial charge >= 0.3 is 11.9 Å². The van der Waals surface area contributed by atoms with E-state index in [-0.39, 0.29) is 5.56 Å². The molecule has 2 N–H and O–H groups in total. The number of fused-ring (bicyclic) bond motifs is 3. The second kappa shape index (κ2) is 10.7. The van der Waals surface area contributed by atoms with Crippen LogP contribution in [0.3, 0.4) is 0 Å². The second-order valence-electron chi connectivity index (χ2n) is 10.3. The van der Waals surface area contributed by atoms with Crippen LogP contribution in [-0.2, 0) is 30.8 Å². The predicted octanol–water partition coefficient (Wildman–Crippen LogP) is 6.82. The van der Waals surface area contributed by atoms with Crippen molar-refractivity contribution in [2.75, 3.05) is 0 Å². The largest absolute Gasteiger partial charge is 0.489 e. The van der Waals surface area contributed by atoms with Crippen LogP contribution in [0.25, 0.3) is 22.0 Å². The topological polar surface area (TPSA) is 88.8 Å². The number of carboxylic acid groups (broad SMARTS) is 2. The number of aromatic carboxylic acids is 1. The number of ether oxygens (including phenoxy) is 1. The molecule has 4 aromatic carbocycles. The van der Waals surface area contributed by atoms with Crippen LogP contribution in [0, 0.1) is 5.92 Å². The third-order valence-corrected chi connectivity index (χ3v) is 7.80. The molecule has 0 amide bonds. The molecule has 40 heavy (non-hydrogen) atoms. The summed E-state index contributed by atoms with van der Waals surface area (Å²) in [4.78, 5) is 23.6. The predicted molar refractivity (Wildman–Crippen MR) is 154 cm³/mol. The van der Waals surface area contributed by atoms with Gasteiger partial charge in [-0.15, -0.1) is 0 Å². The Labute approximate surface area is 232 Å². The molecule has 0 bridgehead atoms. The number of hydrogen-bond donors (Lipinski definition) is 2. The van der Waals surface area contributed by atoms with E-state index in [1.807, 2.05) is 78.9 Å². The maximum atomic E-state index is 11.9. The quantitative estimate of drug-likeness (QED) is 0.229. The zero-order valence-electron chi connectivity index (χ0n) is 21.9. The van der Waals surface area contributed by atoms with Crippen LogP contribution in [0.2, 0.25) is 0 Å². The zero-order valence-corrected chi connectivity index (χ0v) is 21.9. The number of benzene rings is 4. The lowest BCUT2D eigenvalue weighted by molar-refractivity contribution is -0.142. The number of rotatable bonds is 8. The van der Waals surface area contributed by atoms with Crippen LogP contribution in [0.4, 0.5) is 0 Å². The smallest absolute Gasteiger partial charge is 0.336 e. The van der Waals surface area contributed by atoms with Crippen molar-refractivity contribution >= 4 is 22.8 Å². The Bertz CT molecular complexity index is 1700. The van der Waals surface area contributed by atoms with E-state index in [2.05, 4.69) is 10.6 Å². The van der Waals surface area contributed by atoms with Crippen LogP contribution in [0.15, 0.2) is 97.1 Å². The SMILES string of the molecule is O=C(O)c1ccccc1-c1ccc(Cn2c3c(c4cc(OCc5ccccc5)ccc42)CC(C(=O)O)CC3)cc1. The molecular formula is C34H29NO5. The van der Waals surface area contributed by atoms with E-state index < -0.39 is 17.9 Å². The van der Waals surface area contributed by atoms with Crippen LogP contribution < -0.4 is 4.74 Å². The Hall–Kier alpha value is -4.84. The van der Waals surface area contributed by atoms with E-state index in [9.17, 15) is 19.8 Å². The van der Waals surface area contributed by atoms with Crippen LogP contribution >= 0.6 is 0 Å². The van der Waals surface area contributed by atoms with E-state index in [1.54, 1.807) is 12.1 Å². The molecule has 1 unspecified atom stereocenters. The first kappa shape index (κ1) is 25.4. The molecule has 1 aromatic heterocycles. The summed E-state index contributed by atoms with van der Waals surface area (Å²) in [6.45, 7) is 1.10. The number of carbonyl (C=O) groups is 2. The molecule has 0 radical (unpaired) electrons. The van der Waals surface area contributed by atoms with Gasteiger partial charge in [-0.2, -0.15) is 0 Å². The summed E-state index contributed by atoms with van der Waals surface area (Å²) in [5.74, 6) is -1.33. The summed E-state index contributed by atoms with van der Waals surface area (Å²) >= 11 is 0. The first-order valence-electron chi connectivity index (χ1n) is 13.4. The Morgan fingerprint density at radius 2 is 1.60 bits per heavy atom. The van der Waals surface area contributed by atoms with Gasteiger partial charge in [0.05, 0.1) is 11.5 Å². The number of aromatic nitrogens is 1. The Kier molecular flexibility index (Phi) is 6.83. The number of nitrogens with zero attached hydrogens (tertiary/aromatic N) is 1. The van der Waals surface area contributed by atoms with E-state index in [1.165, 1.54) is 5.69 Å². The minimum Gasteiger partial charge on any atom is -0.489 e. The summed E-state index contributed by atoms with van der Waals surface area (Å²) in [5.41, 5.74) is 7.31. The molecule has 1 aliphatic carbocycles. The third kappa shape index (κ3) is 4.96. The van der Waals surface area contributed by atoms with Gasteiger partial charge in [0.2, 0.25) is 0 Å². The summed E-state index contributed by atoms with van der Waals surface area (Å²) in [5, 5.41) is 20.4. The lowest BCUT2D eigenvalue weighted by Crippen LogP contribution is -2.23. The molecule has 0 saturated heterocycles. The maximum Gasteiger partial charge on any atom is 0.336 e. The van der Waals surface area contributed by atoms with E-state index in [4.69, 9.17) is 4.74 Å². The molecule has 0 fully saturated rings. The van der Waals surface area contributed by atoms with Gasteiger partial charge in [-0.25, -0.2) is 4.79 Å². The molecule has 6 heteroatoms. The molecule has 0 aliphatic heterocycles. The fourth-order valence-electron chi connectivity index (χ4n) is 5.74. The lowest BCUT2D eigenvalue weighted by atomic mass is 9.86. The van der Waals surface area contributed by atoms with E-state index in [0.29, 0.717) is 38.0 Å². The normalized spacial score (nSPS) is 14.6. The molecule has 1 heterocycles. The van der Waals surface area contributed by atoms with Crippen molar-refractivity contribution in [2.45, 2.75) is 32.4 Å². The second-order valence-corrected chi connectivity index (χ2v) is 10.3. The summed E-state index contributed by atoms with van der Waals surface area (Å²) in [6.07, 6.45) is 1.81. The monoisotopic (exact) mass is 531 g/mol. The minimum atomic E-state index is -0.947. The van der Waals surface area contributed by atoms with E-state index in [0.717, 1.165) is 38.9 Å². The lowest BCUT2D eigenvalue weighted by Gasteiger charge is -2.21. The fourth-order valence-corrected chi connectivity index (χ4v) is 5.74. The van der Waals surface area contributed by atoms with Crippen LogP contribution in [0.1, 0.15) is 39.2 Å². The van der Waals surface area contributed by atoms with Crippen molar-refractivity contribution in [1.82, 2.24) is 4.57 Å². The molecule has 6 nitrogen and oxygen atoms in total. The van der Waals surface area contributed by atoms with Gasteiger partial charge in [0.15, 0.2) is 0 Å². The first-order valence-corrected chi connectivity index (χ1v) is 13.4. The van der Waals surface area contributed by atoms with Crippen molar-refractivity contribution in [2.24, 2.45) is 5.92 Å². The van der Waals surface area contributed by atoms with Gasteiger partial charge in [0.1, 0.15) is 12.4 Å². The van der Waals surface area contributed by atoms with Crippen LogP contribution in [-0.4, -0.2) is 26.7 Å². The molecule has 1 aliphatic rings. The fraction of sp³-hybridized carbons (Fsp3) is 0.176. The number of aliphatic carboxylic acids is 1. The number of carboxylic acids is 2. The average molecular weight is 532 g/mol. The first-order chi connectivity index (χ1) is 19.5. The zero-order chi connectivity index (χ0) is 27.6. The third-order valence-electron chi connectivity index (χ3n) is 7.80. The van der Waals surface area contributed by atoms with Gasteiger partial charge in [-0.3, -0.25) is 4.79 Å². The summed E-state index contributed by atoms with van der Waals surface area (Å²) in [6, 6.07) is 31.1. The van der Waals surface area contributed by atoms with Gasteiger partial charge in [-0.1, -0.05) is 72.8 Å². The Morgan fingerprint density at radius 3 is 2.35 bits per heavy atom. The average Bonchev–Trinajstić information content (AvgIpc) is 3.29. The van der Waals surface area contributed by atoms with Crippen molar-refractivity contribution < 1.29 is 24.5 Å². The minimum absolute atomic E-state index is 0.277. The van der Waals surface area contributed by atoms with E-state index >= 15 is 0 Å². The van der Waals surface area contributed by atoms with Crippen molar-refractivity contribution in [3.8, 4) is 16.9 Å². The Balaban J connectivity index is 1.33. The molecule has 5 aromatic rings. The molecule has 6 rings (SSSR count). The van der Waals surface area contributed by atoms with Gasteiger partial charge < -0.3 is 19.5 Å². The highest BCUT2D eigenvalue weighted by Gasteiger charge is 2.29. The molecule has 200 valence electrons. The highest BCUT2D eigenvalue weighted by Crippen LogP contribution is 2.37. The summed E-state index contributed by atoms with van der Waals surface area (Å²) in [7, 11) is 0. The highest BCUT2D eigenvalue weighted by molar-refractivity contribution is 5.96. The molecule has 0 saturated carbocycles. The molecule has 1 atom stereocenters. The van der Waals surface area contributed by atoms with Crippen molar-refractivity contribution in [1.29, 1.82) is 0 Å². The summed E-state index contributed by atoms with van der Waals surface area (Å²) < 4.78 is 8.40. The standard InChI is InChI=1S/C34H29NO5/c36-33(37)25-14-16-31-29(18-25)30-19-26(40-21-23-6-2-1-3-7-23)15-17-32(30)35(31)20-22-10-12-24(13-11-22)27-8-4-5-9-28(27)34(38)39/h1-13,15,17,19,25H,14,16,18,20-21H2,(H,36,37)(H,38,39). The Morgan fingerprint density at radius 1 is 0.850 bits per heavy atom. The van der Waals surface area contributed by atoms with Gasteiger partial charge in [0, 0.05) is 23.1 Å². The van der Waals surface area contributed by atoms with Gasteiger partial charge in [-0.05, 0) is 71.3 Å². The van der Waals surface area contributed by atoms with Crippen LogP contribution in [0.5, 0.6) is 5.75 Å². The molecule has 0 spiro atoms. The van der Waals surface area contributed by atoms with Crippen molar-refractivity contribution in [3.63, 3.8) is 0 Å². The van der Waals surface area contributed by atoms with Gasteiger partial charge in [0.25, 0.3) is 0 Å².